The highest BCUT2D eigenvalue weighted by Gasteiger charge is 2.22. The number of rotatable bonds is 5. The lowest BCUT2D eigenvalue weighted by Crippen LogP contribution is -2.08. The molecule has 1 N–H and O–H groups in total. The molecule has 3 aromatic rings. The predicted octanol–water partition coefficient (Wildman–Crippen LogP) is 4.58. The average molecular weight is 307 g/mol. The molecule has 1 unspecified atom stereocenters. The van der Waals surface area contributed by atoms with Crippen molar-refractivity contribution in [1.29, 1.82) is 0 Å². The molecule has 0 aliphatic carbocycles. The van der Waals surface area contributed by atoms with E-state index in [-0.39, 0.29) is 12.3 Å². The summed E-state index contributed by atoms with van der Waals surface area (Å²) >= 11 is 0. The van der Waals surface area contributed by atoms with Crippen LogP contribution in [0.1, 0.15) is 36.0 Å². The van der Waals surface area contributed by atoms with Crippen LogP contribution in [0.25, 0.3) is 10.9 Å². The molecule has 118 valence electrons. The maximum atomic E-state index is 11.4. The van der Waals surface area contributed by atoms with Crippen LogP contribution in [0.5, 0.6) is 0 Å². The predicted molar refractivity (Wildman–Crippen MR) is 92.9 cm³/mol. The van der Waals surface area contributed by atoms with E-state index in [9.17, 15) is 9.90 Å². The third-order valence-electron chi connectivity index (χ3n) is 4.36. The maximum absolute atomic E-state index is 11.4. The molecule has 0 bridgehead atoms. The Balaban J connectivity index is 2.19. The highest BCUT2D eigenvalue weighted by molar-refractivity contribution is 5.86. The van der Waals surface area contributed by atoms with Gasteiger partial charge in [0, 0.05) is 29.6 Å². The van der Waals surface area contributed by atoms with E-state index in [1.54, 1.807) is 0 Å². The number of carboxylic acid groups (broad SMARTS) is 1. The number of aryl methyl sites for hydroxylation is 2. The van der Waals surface area contributed by atoms with Crippen molar-refractivity contribution in [2.75, 3.05) is 0 Å². The van der Waals surface area contributed by atoms with Crippen molar-refractivity contribution in [3.8, 4) is 0 Å². The van der Waals surface area contributed by atoms with Crippen LogP contribution in [0.4, 0.5) is 0 Å². The summed E-state index contributed by atoms with van der Waals surface area (Å²) < 4.78 is 2.19. The first-order valence-corrected chi connectivity index (χ1v) is 7.96. The summed E-state index contributed by atoms with van der Waals surface area (Å²) in [5.74, 6) is -0.907. The molecular weight excluding hydrogens is 286 g/mol. The smallest absolute Gasteiger partial charge is 0.304 e. The van der Waals surface area contributed by atoms with Crippen LogP contribution in [0.2, 0.25) is 0 Å². The second-order valence-electron chi connectivity index (χ2n) is 5.95. The van der Waals surface area contributed by atoms with Gasteiger partial charge in [-0.1, -0.05) is 48.0 Å². The molecule has 0 spiro atoms. The van der Waals surface area contributed by atoms with Crippen molar-refractivity contribution in [2.45, 2.75) is 32.7 Å². The third kappa shape index (κ3) is 3.00. The molecule has 0 saturated carbocycles. The summed E-state index contributed by atoms with van der Waals surface area (Å²) in [5.41, 5.74) is 4.46. The molecule has 0 aliphatic heterocycles. The van der Waals surface area contributed by atoms with E-state index in [0.29, 0.717) is 0 Å². The van der Waals surface area contributed by atoms with Crippen LogP contribution < -0.4 is 0 Å². The molecule has 1 aromatic heterocycles. The summed E-state index contributed by atoms with van der Waals surface area (Å²) in [5, 5.41) is 10.5. The number of hydrogen-bond donors (Lipinski definition) is 1. The largest absolute Gasteiger partial charge is 0.481 e. The van der Waals surface area contributed by atoms with Gasteiger partial charge in [0.1, 0.15) is 0 Å². The molecule has 1 atom stereocenters. The zero-order valence-corrected chi connectivity index (χ0v) is 13.5. The molecule has 3 heteroatoms. The van der Waals surface area contributed by atoms with Crippen molar-refractivity contribution >= 4 is 16.9 Å². The number of carbonyl (C=O) groups is 1. The summed E-state index contributed by atoms with van der Waals surface area (Å²) in [6.45, 7) is 5.01. The Hall–Kier alpha value is -2.55. The quantitative estimate of drug-likeness (QED) is 0.750. The number of nitrogens with zero attached hydrogens (tertiary/aromatic N) is 1. The Morgan fingerprint density at radius 3 is 2.65 bits per heavy atom. The van der Waals surface area contributed by atoms with Gasteiger partial charge in [0.25, 0.3) is 0 Å². The normalized spacial score (nSPS) is 12.4. The lowest BCUT2D eigenvalue weighted by atomic mass is 9.87. The highest BCUT2D eigenvalue weighted by Crippen LogP contribution is 2.35. The Kier molecular flexibility index (Phi) is 4.20. The molecular formula is C20H21NO2. The minimum Gasteiger partial charge on any atom is -0.481 e. The molecule has 3 rings (SSSR count). The molecule has 0 radical (unpaired) electrons. The van der Waals surface area contributed by atoms with Crippen LogP contribution in [-0.4, -0.2) is 15.6 Å². The van der Waals surface area contributed by atoms with Gasteiger partial charge in [-0.2, -0.15) is 0 Å². The first kappa shape index (κ1) is 15.3. The number of aromatic nitrogens is 1. The van der Waals surface area contributed by atoms with Gasteiger partial charge in [-0.15, -0.1) is 0 Å². The molecule has 0 fully saturated rings. The molecule has 0 amide bonds. The van der Waals surface area contributed by atoms with Crippen molar-refractivity contribution in [3.05, 3.63) is 71.4 Å². The van der Waals surface area contributed by atoms with E-state index in [1.807, 2.05) is 37.3 Å². The monoisotopic (exact) mass is 307 g/mol. The first-order chi connectivity index (χ1) is 11.1. The molecule has 1 heterocycles. The van der Waals surface area contributed by atoms with Crippen LogP contribution in [-0.2, 0) is 11.3 Å². The van der Waals surface area contributed by atoms with Crippen LogP contribution >= 0.6 is 0 Å². The van der Waals surface area contributed by atoms with Gasteiger partial charge in [0.05, 0.1) is 6.42 Å². The van der Waals surface area contributed by atoms with E-state index >= 15 is 0 Å². The number of benzene rings is 2. The minimum absolute atomic E-state index is 0.0984. The van der Waals surface area contributed by atoms with Crippen molar-refractivity contribution in [3.63, 3.8) is 0 Å². The van der Waals surface area contributed by atoms with Gasteiger partial charge in [0.15, 0.2) is 0 Å². The van der Waals surface area contributed by atoms with Crippen LogP contribution in [0, 0.1) is 6.92 Å². The van der Waals surface area contributed by atoms with E-state index in [1.165, 1.54) is 0 Å². The summed E-state index contributed by atoms with van der Waals surface area (Å²) in [4.78, 5) is 11.4. The zero-order chi connectivity index (χ0) is 16.4. The Morgan fingerprint density at radius 1 is 1.17 bits per heavy atom. The van der Waals surface area contributed by atoms with E-state index in [0.717, 1.165) is 34.1 Å². The Bertz CT molecular complexity index is 848. The van der Waals surface area contributed by atoms with Gasteiger partial charge >= 0.3 is 5.97 Å². The van der Waals surface area contributed by atoms with Crippen molar-refractivity contribution in [2.24, 2.45) is 0 Å². The molecule has 0 saturated heterocycles. The summed E-state index contributed by atoms with van der Waals surface area (Å²) in [6.07, 6.45) is 2.21. The number of carboxylic acids is 1. The van der Waals surface area contributed by atoms with Gasteiger partial charge in [-0.05, 0) is 31.0 Å². The SMILES string of the molecule is CCn1cc(C(CC(=O)O)c2cccc(C)c2)c2ccccc21. The second kappa shape index (κ2) is 6.29. The number of aliphatic carboxylic acids is 1. The molecule has 2 aromatic carbocycles. The zero-order valence-electron chi connectivity index (χ0n) is 13.5. The summed E-state index contributed by atoms with van der Waals surface area (Å²) in [7, 11) is 0. The van der Waals surface area contributed by atoms with Crippen LogP contribution in [0.3, 0.4) is 0 Å². The van der Waals surface area contributed by atoms with Gasteiger partial charge in [-0.25, -0.2) is 0 Å². The Labute approximate surface area is 136 Å². The molecule has 3 nitrogen and oxygen atoms in total. The van der Waals surface area contributed by atoms with Crippen molar-refractivity contribution in [1.82, 2.24) is 4.57 Å². The minimum atomic E-state index is -0.773. The first-order valence-electron chi connectivity index (χ1n) is 7.96. The molecule has 0 aliphatic rings. The number of para-hydroxylation sites is 1. The topological polar surface area (TPSA) is 42.2 Å². The number of hydrogen-bond acceptors (Lipinski definition) is 1. The van der Waals surface area contributed by atoms with E-state index in [4.69, 9.17) is 0 Å². The fraction of sp³-hybridized carbons (Fsp3) is 0.250. The van der Waals surface area contributed by atoms with Crippen LogP contribution in [0.15, 0.2) is 54.7 Å². The Morgan fingerprint density at radius 2 is 1.96 bits per heavy atom. The standard InChI is InChI=1S/C20H21NO2/c1-3-21-13-18(16-9-4-5-10-19(16)21)17(12-20(22)23)15-8-6-7-14(2)11-15/h4-11,13,17H,3,12H2,1-2H3,(H,22,23). The lowest BCUT2D eigenvalue weighted by Gasteiger charge is -2.16. The fourth-order valence-corrected chi connectivity index (χ4v) is 3.28. The van der Waals surface area contributed by atoms with E-state index < -0.39 is 5.97 Å². The lowest BCUT2D eigenvalue weighted by molar-refractivity contribution is -0.137. The van der Waals surface area contributed by atoms with E-state index in [2.05, 4.69) is 35.9 Å². The fourth-order valence-electron chi connectivity index (χ4n) is 3.28. The average Bonchev–Trinajstić information content (AvgIpc) is 2.91. The van der Waals surface area contributed by atoms with Gasteiger partial charge in [-0.3, -0.25) is 4.79 Å². The maximum Gasteiger partial charge on any atom is 0.304 e. The number of fused-ring (bicyclic) bond motifs is 1. The van der Waals surface area contributed by atoms with Gasteiger partial charge < -0.3 is 9.67 Å². The third-order valence-corrected chi connectivity index (χ3v) is 4.36. The van der Waals surface area contributed by atoms with Gasteiger partial charge in [0.2, 0.25) is 0 Å². The molecule has 23 heavy (non-hydrogen) atoms. The second-order valence-corrected chi connectivity index (χ2v) is 5.95. The highest BCUT2D eigenvalue weighted by atomic mass is 16.4. The van der Waals surface area contributed by atoms with Crippen molar-refractivity contribution < 1.29 is 9.90 Å². The summed E-state index contributed by atoms with van der Waals surface area (Å²) in [6, 6.07) is 16.4.